The standard InChI is InChI=1S/C15H18N2O3/c1-9(2)13(8-18)17-15(20)12-7-14(19)10-5-3-4-6-11(10)16-12/h3-7,9,13,18H,8H2,1-2H3,(H,16,19)(H,17,20)/t13-/m1/s1. The summed E-state index contributed by atoms with van der Waals surface area (Å²) in [5.74, 6) is -0.281. The molecule has 0 saturated heterocycles. The summed E-state index contributed by atoms with van der Waals surface area (Å²) >= 11 is 0. The smallest absolute Gasteiger partial charge is 0.268 e. The van der Waals surface area contributed by atoms with Gasteiger partial charge in [0.05, 0.1) is 12.6 Å². The van der Waals surface area contributed by atoms with E-state index in [1.807, 2.05) is 13.8 Å². The van der Waals surface area contributed by atoms with Gasteiger partial charge in [-0.2, -0.15) is 0 Å². The van der Waals surface area contributed by atoms with Crippen molar-refractivity contribution in [1.29, 1.82) is 0 Å². The molecular weight excluding hydrogens is 256 g/mol. The molecule has 0 aliphatic rings. The molecule has 0 radical (unpaired) electrons. The van der Waals surface area contributed by atoms with Crippen LogP contribution in [0.15, 0.2) is 35.1 Å². The largest absolute Gasteiger partial charge is 0.394 e. The summed E-state index contributed by atoms with van der Waals surface area (Å²) in [5.41, 5.74) is 0.623. The molecule has 2 rings (SSSR count). The van der Waals surface area contributed by atoms with E-state index < -0.39 is 0 Å². The summed E-state index contributed by atoms with van der Waals surface area (Å²) in [6.45, 7) is 3.68. The molecule has 0 saturated carbocycles. The molecule has 5 nitrogen and oxygen atoms in total. The Morgan fingerprint density at radius 3 is 2.70 bits per heavy atom. The highest BCUT2D eigenvalue weighted by molar-refractivity contribution is 5.95. The second-order valence-corrected chi connectivity index (χ2v) is 5.10. The van der Waals surface area contributed by atoms with Crippen LogP contribution in [0.2, 0.25) is 0 Å². The number of nitrogens with one attached hydrogen (secondary N) is 2. The first-order valence-electron chi connectivity index (χ1n) is 6.56. The number of hydrogen-bond donors (Lipinski definition) is 3. The van der Waals surface area contributed by atoms with Crippen molar-refractivity contribution in [3.63, 3.8) is 0 Å². The summed E-state index contributed by atoms with van der Waals surface area (Å²) in [7, 11) is 0. The molecule has 1 amide bonds. The molecule has 1 aromatic heterocycles. The minimum absolute atomic E-state index is 0.108. The Bertz CT molecular complexity index is 676. The summed E-state index contributed by atoms with van der Waals surface area (Å²) in [6, 6.07) is 7.98. The minimum Gasteiger partial charge on any atom is -0.394 e. The van der Waals surface area contributed by atoms with Crippen molar-refractivity contribution in [3.05, 3.63) is 46.2 Å². The molecule has 0 aliphatic heterocycles. The molecule has 2 aromatic rings. The van der Waals surface area contributed by atoms with E-state index in [-0.39, 0.29) is 35.6 Å². The quantitative estimate of drug-likeness (QED) is 0.785. The molecule has 0 aliphatic carbocycles. The fourth-order valence-electron chi connectivity index (χ4n) is 1.99. The molecular formula is C15H18N2O3. The number of carbonyl (C=O) groups excluding carboxylic acids is 1. The molecule has 0 bridgehead atoms. The number of fused-ring (bicyclic) bond motifs is 1. The zero-order valence-electron chi connectivity index (χ0n) is 11.5. The van der Waals surface area contributed by atoms with E-state index in [2.05, 4.69) is 10.3 Å². The van der Waals surface area contributed by atoms with Crippen LogP contribution in [0.5, 0.6) is 0 Å². The van der Waals surface area contributed by atoms with Crippen molar-refractivity contribution in [2.45, 2.75) is 19.9 Å². The molecule has 0 spiro atoms. The zero-order chi connectivity index (χ0) is 14.7. The lowest BCUT2D eigenvalue weighted by molar-refractivity contribution is 0.0892. The number of aromatic amines is 1. The van der Waals surface area contributed by atoms with Crippen LogP contribution in [-0.4, -0.2) is 28.6 Å². The maximum absolute atomic E-state index is 12.1. The van der Waals surface area contributed by atoms with E-state index in [1.54, 1.807) is 24.3 Å². The number of amides is 1. The van der Waals surface area contributed by atoms with Gasteiger partial charge in [0.1, 0.15) is 5.69 Å². The van der Waals surface area contributed by atoms with Gasteiger partial charge in [0, 0.05) is 17.0 Å². The summed E-state index contributed by atoms with van der Waals surface area (Å²) < 4.78 is 0. The van der Waals surface area contributed by atoms with Crippen LogP contribution in [0.25, 0.3) is 10.9 Å². The lowest BCUT2D eigenvalue weighted by atomic mass is 10.1. The zero-order valence-corrected chi connectivity index (χ0v) is 11.5. The lowest BCUT2D eigenvalue weighted by Crippen LogP contribution is -2.41. The van der Waals surface area contributed by atoms with Crippen molar-refractivity contribution in [2.75, 3.05) is 6.61 Å². The molecule has 106 valence electrons. The first-order chi connectivity index (χ1) is 9.52. The van der Waals surface area contributed by atoms with Crippen LogP contribution in [0, 0.1) is 5.92 Å². The third-order valence-electron chi connectivity index (χ3n) is 3.30. The van der Waals surface area contributed by atoms with Gasteiger partial charge < -0.3 is 15.4 Å². The van der Waals surface area contributed by atoms with E-state index in [9.17, 15) is 14.7 Å². The fraction of sp³-hybridized carbons (Fsp3) is 0.333. The number of H-pyrrole nitrogens is 1. The molecule has 0 fully saturated rings. The number of hydrogen-bond acceptors (Lipinski definition) is 3. The number of carbonyl (C=O) groups is 1. The minimum atomic E-state index is -0.388. The monoisotopic (exact) mass is 274 g/mol. The number of aromatic nitrogens is 1. The van der Waals surface area contributed by atoms with Crippen LogP contribution < -0.4 is 10.7 Å². The molecule has 20 heavy (non-hydrogen) atoms. The fourth-order valence-corrected chi connectivity index (χ4v) is 1.99. The summed E-state index contributed by atoms with van der Waals surface area (Å²) in [5, 5.41) is 12.5. The first-order valence-corrected chi connectivity index (χ1v) is 6.56. The number of aliphatic hydroxyl groups is 1. The van der Waals surface area contributed by atoms with Crippen LogP contribution >= 0.6 is 0 Å². The Labute approximate surface area is 116 Å². The highest BCUT2D eigenvalue weighted by Crippen LogP contribution is 2.08. The summed E-state index contributed by atoms with van der Waals surface area (Å²) in [6.07, 6.45) is 0. The average molecular weight is 274 g/mol. The maximum atomic E-state index is 12.1. The Morgan fingerprint density at radius 1 is 1.35 bits per heavy atom. The van der Waals surface area contributed by atoms with Crippen molar-refractivity contribution >= 4 is 16.8 Å². The molecule has 0 unspecified atom stereocenters. The predicted molar refractivity (Wildman–Crippen MR) is 77.7 cm³/mol. The van der Waals surface area contributed by atoms with Crippen LogP contribution in [-0.2, 0) is 0 Å². The van der Waals surface area contributed by atoms with Crippen LogP contribution in [0.4, 0.5) is 0 Å². The van der Waals surface area contributed by atoms with Gasteiger partial charge >= 0.3 is 0 Å². The van der Waals surface area contributed by atoms with E-state index in [0.717, 1.165) is 0 Å². The van der Waals surface area contributed by atoms with Gasteiger partial charge in [-0.05, 0) is 18.1 Å². The Hall–Kier alpha value is -2.14. The predicted octanol–water partition coefficient (Wildman–Crippen LogP) is 1.27. The summed E-state index contributed by atoms with van der Waals surface area (Å²) in [4.78, 5) is 27.0. The van der Waals surface area contributed by atoms with Gasteiger partial charge in [-0.3, -0.25) is 9.59 Å². The number of para-hydroxylation sites is 1. The van der Waals surface area contributed by atoms with Crippen molar-refractivity contribution < 1.29 is 9.90 Å². The van der Waals surface area contributed by atoms with Gasteiger partial charge in [0.25, 0.3) is 5.91 Å². The SMILES string of the molecule is CC(C)[C@@H](CO)NC(=O)c1cc(=O)c2ccccc2[nH]1. The van der Waals surface area contributed by atoms with E-state index in [0.29, 0.717) is 10.9 Å². The highest BCUT2D eigenvalue weighted by Gasteiger charge is 2.17. The number of benzene rings is 1. The van der Waals surface area contributed by atoms with E-state index in [4.69, 9.17) is 0 Å². The lowest BCUT2D eigenvalue weighted by Gasteiger charge is -2.19. The van der Waals surface area contributed by atoms with Gasteiger partial charge in [0.15, 0.2) is 5.43 Å². The van der Waals surface area contributed by atoms with Crippen LogP contribution in [0.1, 0.15) is 24.3 Å². The maximum Gasteiger partial charge on any atom is 0.268 e. The second kappa shape index (κ2) is 5.88. The third-order valence-corrected chi connectivity index (χ3v) is 3.30. The first kappa shape index (κ1) is 14.3. The van der Waals surface area contributed by atoms with Gasteiger partial charge in [-0.15, -0.1) is 0 Å². The van der Waals surface area contributed by atoms with Crippen molar-refractivity contribution in [2.24, 2.45) is 5.92 Å². The van der Waals surface area contributed by atoms with Gasteiger partial charge in [-0.1, -0.05) is 26.0 Å². The average Bonchev–Trinajstić information content (AvgIpc) is 2.44. The topological polar surface area (TPSA) is 82.2 Å². The Balaban J connectivity index is 2.33. The van der Waals surface area contributed by atoms with Crippen molar-refractivity contribution in [1.82, 2.24) is 10.3 Å². The second-order valence-electron chi connectivity index (χ2n) is 5.10. The van der Waals surface area contributed by atoms with Crippen LogP contribution in [0.3, 0.4) is 0 Å². The Morgan fingerprint density at radius 2 is 2.05 bits per heavy atom. The van der Waals surface area contributed by atoms with E-state index >= 15 is 0 Å². The highest BCUT2D eigenvalue weighted by atomic mass is 16.3. The van der Waals surface area contributed by atoms with Gasteiger partial charge in [0.2, 0.25) is 0 Å². The molecule has 3 N–H and O–H groups in total. The third kappa shape index (κ3) is 2.88. The normalized spacial score (nSPS) is 12.6. The Kier molecular flexibility index (Phi) is 4.20. The molecule has 1 aromatic carbocycles. The van der Waals surface area contributed by atoms with Gasteiger partial charge in [-0.25, -0.2) is 0 Å². The number of aliphatic hydroxyl groups excluding tert-OH is 1. The number of pyridine rings is 1. The number of rotatable bonds is 4. The van der Waals surface area contributed by atoms with Crippen molar-refractivity contribution in [3.8, 4) is 0 Å². The molecule has 1 heterocycles. The van der Waals surface area contributed by atoms with E-state index in [1.165, 1.54) is 6.07 Å². The molecule has 5 heteroatoms. The molecule has 1 atom stereocenters.